The van der Waals surface area contributed by atoms with Crippen molar-refractivity contribution in [1.29, 1.82) is 0 Å². The number of hydrogen-bond donors (Lipinski definition) is 0. The molecule has 0 aromatic carbocycles. The van der Waals surface area contributed by atoms with Crippen molar-refractivity contribution in [2.45, 2.75) is 7.43 Å². The Kier molecular flexibility index (Phi) is 323. The summed E-state index contributed by atoms with van der Waals surface area (Å²) in [5.74, 6) is 0. The summed E-state index contributed by atoms with van der Waals surface area (Å²) >= 11 is 0. The SMILES string of the molecule is C.[Cu].[SiH4].[Ti]. The van der Waals surface area contributed by atoms with Gasteiger partial charge in [0.1, 0.15) is 0 Å². The molecule has 0 aromatic rings. The number of hydrogen-bond acceptors (Lipinski definition) is 0. The molecule has 1 radical (unpaired) electrons. The van der Waals surface area contributed by atoms with Gasteiger partial charge in [0.25, 0.3) is 0 Å². The van der Waals surface area contributed by atoms with Gasteiger partial charge in [-0.05, 0) is 11.0 Å². The van der Waals surface area contributed by atoms with Gasteiger partial charge in [-0.3, -0.25) is 0 Å². The van der Waals surface area contributed by atoms with Crippen LogP contribution in [0.2, 0.25) is 0 Å². The average Bonchev–Trinajstić information content (AvgIpc) is 0. The Bertz CT molecular complexity index is 8.00. The quantitative estimate of drug-likeness (QED) is 0.405. The molecule has 0 saturated heterocycles. The first-order valence-electron chi connectivity index (χ1n) is 0. The van der Waals surface area contributed by atoms with E-state index in [9.17, 15) is 0 Å². The summed E-state index contributed by atoms with van der Waals surface area (Å²) in [7, 11) is 0. The summed E-state index contributed by atoms with van der Waals surface area (Å²) in [5.41, 5.74) is 0. The van der Waals surface area contributed by atoms with E-state index in [1.54, 1.807) is 0 Å². The first-order valence-corrected chi connectivity index (χ1v) is 0. The third-order valence-electron chi connectivity index (χ3n) is 0. The van der Waals surface area contributed by atoms with E-state index in [1.807, 2.05) is 0 Å². The maximum Gasteiger partial charge on any atom is 0 e. The van der Waals surface area contributed by atoms with E-state index in [0.29, 0.717) is 0 Å². The maximum atomic E-state index is 0. The molecular weight excluding hydrogens is 152 g/mol. The molecule has 0 N–H and O–H groups in total. The first kappa shape index (κ1) is 51.3. The minimum absolute atomic E-state index is 0. The van der Waals surface area contributed by atoms with Gasteiger partial charge in [-0.2, -0.15) is 0 Å². The topological polar surface area (TPSA) is 0 Å². The van der Waals surface area contributed by atoms with Crippen molar-refractivity contribution < 1.29 is 38.8 Å². The molecule has 0 fully saturated rings. The molecule has 0 aliphatic carbocycles. The van der Waals surface area contributed by atoms with Crippen LogP contribution in [0.3, 0.4) is 0 Å². The van der Waals surface area contributed by atoms with Crippen LogP contribution in [0.5, 0.6) is 0 Å². The van der Waals surface area contributed by atoms with Crippen molar-refractivity contribution in [3.8, 4) is 0 Å². The molecule has 31 valence electrons. The minimum Gasteiger partial charge on any atom is -0.0776 e. The molecule has 0 saturated carbocycles. The van der Waals surface area contributed by atoms with Gasteiger partial charge in [0.15, 0.2) is 0 Å². The summed E-state index contributed by atoms with van der Waals surface area (Å²) in [5, 5.41) is 0. The molecule has 0 aliphatic heterocycles. The van der Waals surface area contributed by atoms with Crippen molar-refractivity contribution in [3.05, 3.63) is 0 Å². The van der Waals surface area contributed by atoms with E-state index in [2.05, 4.69) is 0 Å². The molecule has 0 amide bonds. The summed E-state index contributed by atoms with van der Waals surface area (Å²) in [6.45, 7) is 0. The van der Waals surface area contributed by atoms with Crippen LogP contribution in [0.1, 0.15) is 7.43 Å². The predicted octanol–water partition coefficient (Wildman–Crippen LogP) is -0.821. The Balaban J connectivity index is 0. The van der Waals surface area contributed by atoms with Gasteiger partial charge in [0, 0.05) is 38.8 Å². The average molecular weight is 160 g/mol. The Hall–Kier alpha value is 1.45. The predicted molar refractivity (Wildman–Crippen MR) is 18.1 cm³/mol. The molecule has 3 heteroatoms. The largest absolute Gasteiger partial charge is 0.0776 e. The molecule has 0 aliphatic rings. The standard InChI is InChI=1S/CH4.Cu.H4Si.Ti/h1H4;;1H4;. The smallest absolute Gasteiger partial charge is 0 e. The fraction of sp³-hybridized carbons (Fsp3) is 1.00. The van der Waals surface area contributed by atoms with Gasteiger partial charge in [0.2, 0.25) is 0 Å². The van der Waals surface area contributed by atoms with Crippen molar-refractivity contribution in [2.75, 3.05) is 0 Å². The van der Waals surface area contributed by atoms with Gasteiger partial charge in [-0.25, -0.2) is 0 Å². The molecule has 0 atom stereocenters. The fourth-order valence-electron chi connectivity index (χ4n) is 0. The van der Waals surface area contributed by atoms with Crippen molar-refractivity contribution in [1.82, 2.24) is 0 Å². The van der Waals surface area contributed by atoms with Crippen molar-refractivity contribution >= 4 is 11.0 Å². The molecule has 0 aromatic heterocycles. The van der Waals surface area contributed by atoms with Crippen LogP contribution in [-0.2, 0) is 38.8 Å². The molecule has 0 rings (SSSR count). The molecule has 4 heavy (non-hydrogen) atoms. The molecule has 0 bridgehead atoms. The summed E-state index contributed by atoms with van der Waals surface area (Å²) < 4.78 is 0. The van der Waals surface area contributed by atoms with Gasteiger partial charge < -0.3 is 0 Å². The van der Waals surface area contributed by atoms with E-state index >= 15 is 0 Å². The Morgan fingerprint density at radius 1 is 1.00 bits per heavy atom. The summed E-state index contributed by atoms with van der Waals surface area (Å²) in [6, 6.07) is 0. The van der Waals surface area contributed by atoms with Crippen molar-refractivity contribution in [3.63, 3.8) is 0 Å². The zero-order valence-corrected chi connectivity index (χ0v) is 3.30. The Morgan fingerprint density at radius 3 is 1.00 bits per heavy atom. The van der Waals surface area contributed by atoms with E-state index in [0.717, 1.165) is 0 Å². The van der Waals surface area contributed by atoms with Crippen LogP contribution >= 0.6 is 0 Å². The van der Waals surface area contributed by atoms with E-state index in [4.69, 9.17) is 0 Å². The van der Waals surface area contributed by atoms with Crippen LogP contribution < -0.4 is 0 Å². The zero-order chi connectivity index (χ0) is 0. The second-order valence-corrected chi connectivity index (χ2v) is 0. The van der Waals surface area contributed by atoms with Crippen LogP contribution in [0, 0.1) is 0 Å². The van der Waals surface area contributed by atoms with E-state index in [1.165, 1.54) is 0 Å². The van der Waals surface area contributed by atoms with Crippen LogP contribution in [0.15, 0.2) is 0 Å². The first-order chi connectivity index (χ1) is 0. The summed E-state index contributed by atoms with van der Waals surface area (Å²) in [6.07, 6.45) is 0. The van der Waals surface area contributed by atoms with Crippen molar-refractivity contribution in [2.24, 2.45) is 0 Å². The third kappa shape index (κ3) is 9.85. The second-order valence-electron chi connectivity index (χ2n) is 0. The van der Waals surface area contributed by atoms with Crippen LogP contribution in [0.25, 0.3) is 0 Å². The van der Waals surface area contributed by atoms with Crippen LogP contribution in [-0.4, -0.2) is 11.0 Å². The summed E-state index contributed by atoms with van der Waals surface area (Å²) in [4.78, 5) is 0. The van der Waals surface area contributed by atoms with Crippen LogP contribution in [0.4, 0.5) is 0 Å². The van der Waals surface area contributed by atoms with Gasteiger partial charge in [0.05, 0.1) is 0 Å². The Morgan fingerprint density at radius 2 is 1.00 bits per heavy atom. The number of rotatable bonds is 0. The van der Waals surface area contributed by atoms with E-state index in [-0.39, 0.29) is 57.2 Å². The molecular formula is CH8CuSiTi. The van der Waals surface area contributed by atoms with Gasteiger partial charge >= 0.3 is 0 Å². The maximum absolute atomic E-state index is 0. The van der Waals surface area contributed by atoms with Gasteiger partial charge in [-0.15, -0.1) is 0 Å². The molecule has 0 heterocycles. The van der Waals surface area contributed by atoms with Gasteiger partial charge in [-0.1, -0.05) is 7.43 Å². The monoisotopic (exact) mass is 159 g/mol. The Labute approximate surface area is 57.1 Å². The minimum atomic E-state index is 0. The molecule has 0 unspecified atom stereocenters. The van der Waals surface area contributed by atoms with E-state index < -0.39 is 0 Å². The third-order valence-corrected chi connectivity index (χ3v) is 0. The normalized spacial score (nSPS) is 0. The molecule has 0 spiro atoms. The zero-order valence-electron chi connectivity index (χ0n) is 0.802. The fourth-order valence-corrected chi connectivity index (χ4v) is 0. The molecule has 0 nitrogen and oxygen atoms in total. The second kappa shape index (κ2) is 25.2.